The lowest BCUT2D eigenvalue weighted by Crippen LogP contribution is -2.27. The molecule has 1 aromatic carbocycles. The minimum Gasteiger partial charge on any atom is -0.469 e. The van der Waals surface area contributed by atoms with Crippen molar-refractivity contribution in [3.8, 4) is 0 Å². The molecule has 2 atom stereocenters. The molecule has 2 heteroatoms. The van der Waals surface area contributed by atoms with Crippen molar-refractivity contribution < 1.29 is 9.53 Å². The maximum absolute atomic E-state index is 11.8. The van der Waals surface area contributed by atoms with E-state index in [0.717, 1.165) is 19.3 Å². The van der Waals surface area contributed by atoms with Crippen LogP contribution in [0.5, 0.6) is 0 Å². The standard InChI is InChI=1S/C15H20O2/c1-11-7-3-4-8-12(11)13-9-5-6-10-14(13)15(16)17-2/h3-4,7-8,13-14H,5-6,9-10H2,1-2H3. The lowest BCUT2D eigenvalue weighted by molar-refractivity contribution is -0.147. The minimum atomic E-state index is -0.0436. The maximum atomic E-state index is 11.8. The fourth-order valence-corrected chi connectivity index (χ4v) is 2.94. The molecule has 92 valence electrons. The van der Waals surface area contributed by atoms with Crippen molar-refractivity contribution >= 4 is 5.97 Å². The van der Waals surface area contributed by atoms with E-state index in [-0.39, 0.29) is 11.9 Å². The molecule has 1 aromatic rings. The van der Waals surface area contributed by atoms with E-state index < -0.39 is 0 Å². The second-order valence-electron chi connectivity index (χ2n) is 4.88. The molecule has 0 saturated heterocycles. The molecule has 0 N–H and O–H groups in total. The van der Waals surface area contributed by atoms with E-state index in [2.05, 4.69) is 31.2 Å². The summed E-state index contributed by atoms with van der Waals surface area (Å²) in [5.74, 6) is 0.352. The third-order valence-corrected chi connectivity index (χ3v) is 3.86. The molecule has 0 spiro atoms. The Morgan fingerprint density at radius 3 is 2.65 bits per heavy atom. The molecule has 1 aliphatic carbocycles. The van der Waals surface area contributed by atoms with E-state index >= 15 is 0 Å². The van der Waals surface area contributed by atoms with E-state index in [9.17, 15) is 4.79 Å². The van der Waals surface area contributed by atoms with Crippen LogP contribution in [0, 0.1) is 12.8 Å². The first-order chi connectivity index (χ1) is 8.24. The van der Waals surface area contributed by atoms with Gasteiger partial charge in [0.25, 0.3) is 0 Å². The van der Waals surface area contributed by atoms with Gasteiger partial charge in [0, 0.05) is 0 Å². The van der Waals surface area contributed by atoms with Gasteiger partial charge in [-0.25, -0.2) is 0 Å². The quantitative estimate of drug-likeness (QED) is 0.730. The monoisotopic (exact) mass is 232 g/mol. The second-order valence-corrected chi connectivity index (χ2v) is 4.88. The van der Waals surface area contributed by atoms with Gasteiger partial charge in [0.2, 0.25) is 0 Å². The van der Waals surface area contributed by atoms with Gasteiger partial charge in [-0.15, -0.1) is 0 Å². The summed E-state index contributed by atoms with van der Waals surface area (Å²) < 4.78 is 4.94. The van der Waals surface area contributed by atoms with Crippen LogP contribution in [0.3, 0.4) is 0 Å². The molecule has 0 radical (unpaired) electrons. The van der Waals surface area contributed by atoms with Crippen molar-refractivity contribution in [2.75, 3.05) is 7.11 Å². The molecular formula is C15H20O2. The third-order valence-electron chi connectivity index (χ3n) is 3.86. The van der Waals surface area contributed by atoms with Crippen LogP contribution in [0.15, 0.2) is 24.3 Å². The molecule has 1 saturated carbocycles. The van der Waals surface area contributed by atoms with Gasteiger partial charge in [-0.2, -0.15) is 0 Å². The van der Waals surface area contributed by atoms with Crippen LogP contribution in [0.2, 0.25) is 0 Å². The molecule has 0 amide bonds. The average molecular weight is 232 g/mol. The Balaban J connectivity index is 2.28. The summed E-state index contributed by atoms with van der Waals surface area (Å²) in [6.45, 7) is 2.12. The van der Waals surface area contributed by atoms with Crippen LogP contribution in [0.1, 0.15) is 42.7 Å². The first-order valence-corrected chi connectivity index (χ1v) is 6.37. The van der Waals surface area contributed by atoms with Crippen molar-refractivity contribution in [1.29, 1.82) is 0 Å². The number of carbonyl (C=O) groups excluding carboxylic acids is 1. The molecule has 2 rings (SSSR count). The second kappa shape index (κ2) is 5.35. The highest BCUT2D eigenvalue weighted by atomic mass is 16.5. The normalized spacial score (nSPS) is 24.4. The Hall–Kier alpha value is -1.31. The molecule has 0 heterocycles. The topological polar surface area (TPSA) is 26.3 Å². The van der Waals surface area contributed by atoms with Crippen LogP contribution in [-0.2, 0) is 9.53 Å². The Kier molecular flexibility index (Phi) is 3.82. The summed E-state index contributed by atoms with van der Waals surface area (Å²) in [5.41, 5.74) is 2.61. The fourth-order valence-electron chi connectivity index (χ4n) is 2.94. The largest absolute Gasteiger partial charge is 0.469 e. The summed E-state index contributed by atoms with van der Waals surface area (Å²) in [6, 6.07) is 8.39. The Morgan fingerprint density at radius 1 is 1.24 bits per heavy atom. The predicted molar refractivity (Wildman–Crippen MR) is 67.9 cm³/mol. The minimum absolute atomic E-state index is 0.0436. The van der Waals surface area contributed by atoms with Crippen molar-refractivity contribution in [2.45, 2.75) is 38.5 Å². The molecule has 0 bridgehead atoms. The van der Waals surface area contributed by atoms with Gasteiger partial charge in [0.1, 0.15) is 0 Å². The number of methoxy groups -OCH3 is 1. The van der Waals surface area contributed by atoms with Crippen LogP contribution in [-0.4, -0.2) is 13.1 Å². The van der Waals surface area contributed by atoms with Crippen LogP contribution in [0.4, 0.5) is 0 Å². The highest BCUT2D eigenvalue weighted by Crippen LogP contribution is 2.39. The number of hydrogen-bond acceptors (Lipinski definition) is 2. The molecule has 1 aliphatic rings. The number of esters is 1. The van der Waals surface area contributed by atoms with Crippen molar-refractivity contribution in [3.05, 3.63) is 35.4 Å². The summed E-state index contributed by atoms with van der Waals surface area (Å²) >= 11 is 0. The van der Waals surface area contributed by atoms with Crippen molar-refractivity contribution in [1.82, 2.24) is 0 Å². The number of aryl methyl sites for hydroxylation is 1. The van der Waals surface area contributed by atoms with Crippen LogP contribution in [0.25, 0.3) is 0 Å². The molecule has 0 aliphatic heterocycles. The Morgan fingerprint density at radius 2 is 1.94 bits per heavy atom. The highest BCUT2D eigenvalue weighted by molar-refractivity contribution is 5.73. The summed E-state index contributed by atoms with van der Waals surface area (Å²) in [6.07, 6.45) is 4.42. The number of hydrogen-bond donors (Lipinski definition) is 0. The van der Waals surface area contributed by atoms with Crippen molar-refractivity contribution in [2.24, 2.45) is 5.92 Å². The van der Waals surface area contributed by atoms with Crippen LogP contribution >= 0.6 is 0 Å². The zero-order valence-corrected chi connectivity index (χ0v) is 10.6. The van der Waals surface area contributed by atoms with Crippen molar-refractivity contribution in [3.63, 3.8) is 0 Å². The predicted octanol–water partition coefficient (Wildman–Crippen LogP) is 3.44. The summed E-state index contributed by atoms with van der Waals surface area (Å²) in [7, 11) is 1.49. The Bertz CT molecular complexity index is 398. The van der Waals surface area contributed by atoms with Gasteiger partial charge in [-0.3, -0.25) is 4.79 Å². The van der Waals surface area contributed by atoms with Gasteiger partial charge in [0.05, 0.1) is 13.0 Å². The molecule has 0 aromatic heterocycles. The van der Waals surface area contributed by atoms with E-state index in [1.54, 1.807) is 0 Å². The lowest BCUT2D eigenvalue weighted by Gasteiger charge is -2.30. The zero-order valence-electron chi connectivity index (χ0n) is 10.6. The summed E-state index contributed by atoms with van der Waals surface area (Å²) in [5, 5.41) is 0. The van der Waals surface area contributed by atoms with E-state index in [1.165, 1.54) is 24.7 Å². The van der Waals surface area contributed by atoms with Gasteiger partial charge >= 0.3 is 5.97 Å². The molecule has 1 fully saturated rings. The van der Waals surface area contributed by atoms with Gasteiger partial charge in [-0.1, -0.05) is 37.1 Å². The highest BCUT2D eigenvalue weighted by Gasteiger charge is 2.33. The zero-order chi connectivity index (χ0) is 12.3. The van der Waals surface area contributed by atoms with Gasteiger partial charge in [-0.05, 0) is 36.8 Å². The number of benzene rings is 1. The van der Waals surface area contributed by atoms with Crippen LogP contribution < -0.4 is 0 Å². The van der Waals surface area contributed by atoms with Gasteiger partial charge < -0.3 is 4.74 Å². The molecule has 2 nitrogen and oxygen atoms in total. The van der Waals surface area contributed by atoms with E-state index in [4.69, 9.17) is 4.74 Å². The first-order valence-electron chi connectivity index (χ1n) is 6.37. The van der Waals surface area contributed by atoms with E-state index in [0.29, 0.717) is 5.92 Å². The van der Waals surface area contributed by atoms with E-state index in [1.807, 2.05) is 0 Å². The SMILES string of the molecule is COC(=O)C1CCCCC1c1ccccc1C. The fraction of sp³-hybridized carbons (Fsp3) is 0.533. The molecular weight excluding hydrogens is 212 g/mol. The molecule has 2 unspecified atom stereocenters. The first kappa shape index (κ1) is 12.2. The Labute approximate surface area is 103 Å². The molecule has 17 heavy (non-hydrogen) atoms. The number of ether oxygens (including phenoxy) is 1. The number of rotatable bonds is 2. The third kappa shape index (κ3) is 2.51. The lowest BCUT2D eigenvalue weighted by atomic mass is 9.74. The smallest absolute Gasteiger partial charge is 0.309 e. The number of carbonyl (C=O) groups is 1. The maximum Gasteiger partial charge on any atom is 0.309 e. The summed E-state index contributed by atoms with van der Waals surface area (Å²) in [4.78, 5) is 11.8. The van der Waals surface area contributed by atoms with Gasteiger partial charge in [0.15, 0.2) is 0 Å². The average Bonchev–Trinajstić information content (AvgIpc) is 2.38.